The van der Waals surface area contributed by atoms with Crippen LogP contribution >= 0.6 is 24.0 Å². The Labute approximate surface area is 158 Å². The van der Waals surface area contributed by atoms with Gasteiger partial charge in [0.15, 0.2) is 5.96 Å². The summed E-state index contributed by atoms with van der Waals surface area (Å²) in [4.78, 5) is 4.40. The highest BCUT2D eigenvalue weighted by Gasteiger charge is 2.12. The van der Waals surface area contributed by atoms with E-state index in [0.717, 1.165) is 18.7 Å². The van der Waals surface area contributed by atoms with Crippen LogP contribution in [0.4, 0.5) is 5.69 Å². The lowest BCUT2D eigenvalue weighted by molar-refractivity contribution is 0.0266. The van der Waals surface area contributed by atoms with Gasteiger partial charge < -0.3 is 15.8 Å². The van der Waals surface area contributed by atoms with Gasteiger partial charge in [0, 0.05) is 18.8 Å². The Morgan fingerprint density at radius 1 is 1.26 bits per heavy atom. The molecule has 4 nitrogen and oxygen atoms in total. The van der Waals surface area contributed by atoms with E-state index in [2.05, 4.69) is 50.1 Å². The third kappa shape index (κ3) is 8.55. The topological polar surface area (TPSA) is 59.6 Å². The number of hydrogen-bond acceptors (Lipinski definition) is 2. The van der Waals surface area contributed by atoms with Crippen LogP contribution in [-0.4, -0.2) is 25.2 Å². The van der Waals surface area contributed by atoms with E-state index in [4.69, 9.17) is 10.5 Å². The molecule has 0 saturated heterocycles. The van der Waals surface area contributed by atoms with E-state index < -0.39 is 0 Å². The number of nitrogens with two attached hydrogens (primary N) is 1. The average Bonchev–Trinajstić information content (AvgIpc) is 2.46. The third-order valence-corrected chi connectivity index (χ3v) is 3.65. The maximum absolute atomic E-state index is 5.97. The monoisotopic (exact) mass is 433 g/mol. The van der Waals surface area contributed by atoms with Gasteiger partial charge >= 0.3 is 0 Å². The van der Waals surface area contributed by atoms with Crippen molar-refractivity contribution in [1.29, 1.82) is 0 Å². The molecule has 0 radical (unpaired) electrons. The Morgan fingerprint density at radius 2 is 1.96 bits per heavy atom. The first-order chi connectivity index (χ1) is 10.4. The molecule has 0 amide bonds. The standard InChI is InChI=1S/C18H31N3O.HI/c1-6-22-17(14(4)5)10-11-20-18(19)21-16-9-7-8-15(12-16)13(2)3;/h7-9,12-14,17H,6,10-11H2,1-5H3,(H3,19,20,21);1H. The molecule has 0 saturated carbocycles. The minimum Gasteiger partial charge on any atom is -0.378 e. The highest BCUT2D eigenvalue weighted by Crippen LogP contribution is 2.18. The highest BCUT2D eigenvalue weighted by atomic mass is 127. The van der Waals surface area contributed by atoms with Crippen LogP contribution < -0.4 is 11.1 Å². The highest BCUT2D eigenvalue weighted by molar-refractivity contribution is 14.0. The molecular formula is C18H32IN3O. The van der Waals surface area contributed by atoms with Gasteiger partial charge in [0.05, 0.1) is 6.10 Å². The van der Waals surface area contributed by atoms with E-state index in [-0.39, 0.29) is 30.1 Å². The van der Waals surface area contributed by atoms with Crippen LogP contribution in [0.15, 0.2) is 29.3 Å². The van der Waals surface area contributed by atoms with Crippen molar-refractivity contribution in [3.05, 3.63) is 29.8 Å². The fraction of sp³-hybridized carbons (Fsp3) is 0.611. The predicted molar refractivity (Wildman–Crippen MR) is 111 cm³/mol. The molecule has 0 spiro atoms. The number of nitrogens with zero attached hydrogens (tertiary/aromatic N) is 1. The summed E-state index contributed by atoms with van der Waals surface area (Å²) in [5.41, 5.74) is 8.24. The number of anilines is 1. The minimum atomic E-state index is 0. The van der Waals surface area contributed by atoms with Crippen LogP contribution in [0.2, 0.25) is 0 Å². The zero-order valence-electron chi connectivity index (χ0n) is 15.0. The van der Waals surface area contributed by atoms with E-state index in [9.17, 15) is 0 Å². The number of aliphatic imine (C=N–C) groups is 1. The van der Waals surface area contributed by atoms with Crippen molar-refractivity contribution in [1.82, 2.24) is 0 Å². The summed E-state index contributed by atoms with van der Waals surface area (Å²) in [6.45, 7) is 12.1. The molecule has 1 aromatic rings. The van der Waals surface area contributed by atoms with Crippen molar-refractivity contribution >= 4 is 35.6 Å². The van der Waals surface area contributed by atoms with Crippen molar-refractivity contribution in [2.75, 3.05) is 18.5 Å². The zero-order chi connectivity index (χ0) is 16.5. The van der Waals surface area contributed by atoms with Crippen LogP contribution in [0.5, 0.6) is 0 Å². The molecule has 132 valence electrons. The molecule has 0 fully saturated rings. The second kappa shape index (κ2) is 11.7. The number of guanidine groups is 1. The van der Waals surface area contributed by atoms with Gasteiger partial charge in [-0.3, -0.25) is 4.99 Å². The Bertz CT molecular complexity index is 475. The molecule has 0 aliphatic rings. The molecule has 0 heterocycles. The van der Waals surface area contributed by atoms with E-state index in [1.54, 1.807) is 0 Å². The maximum Gasteiger partial charge on any atom is 0.193 e. The van der Waals surface area contributed by atoms with Crippen LogP contribution in [0, 0.1) is 5.92 Å². The lowest BCUT2D eigenvalue weighted by Crippen LogP contribution is -2.25. The van der Waals surface area contributed by atoms with E-state index in [1.807, 2.05) is 19.1 Å². The Kier molecular flexibility index (Phi) is 11.3. The SMILES string of the molecule is CCOC(CCN=C(N)Nc1cccc(C(C)C)c1)C(C)C.I. The molecule has 5 heteroatoms. The molecular weight excluding hydrogens is 401 g/mol. The van der Waals surface area contributed by atoms with Crippen LogP contribution in [0.3, 0.4) is 0 Å². The van der Waals surface area contributed by atoms with E-state index >= 15 is 0 Å². The third-order valence-electron chi connectivity index (χ3n) is 3.65. The Hall–Kier alpha value is -0.820. The molecule has 23 heavy (non-hydrogen) atoms. The fourth-order valence-corrected chi connectivity index (χ4v) is 2.30. The molecule has 3 N–H and O–H groups in total. The van der Waals surface area contributed by atoms with Gasteiger partial charge in [-0.05, 0) is 42.9 Å². The molecule has 0 bridgehead atoms. The van der Waals surface area contributed by atoms with Crippen LogP contribution in [0.1, 0.15) is 52.5 Å². The fourth-order valence-electron chi connectivity index (χ4n) is 2.30. The van der Waals surface area contributed by atoms with Crippen LogP contribution in [-0.2, 0) is 4.74 Å². The molecule has 1 atom stereocenters. The number of ether oxygens (including phenoxy) is 1. The second-order valence-electron chi connectivity index (χ2n) is 6.20. The first kappa shape index (κ1) is 22.2. The molecule has 1 aromatic carbocycles. The zero-order valence-corrected chi connectivity index (χ0v) is 17.3. The van der Waals surface area contributed by atoms with Gasteiger partial charge in [0.1, 0.15) is 0 Å². The molecule has 0 aliphatic carbocycles. The van der Waals surface area contributed by atoms with Gasteiger partial charge in [-0.15, -0.1) is 24.0 Å². The van der Waals surface area contributed by atoms with Crippen LogP contribution in [0.25, 0.3) is 0 Å². The van der Waals surface area contributed by atoms with Gasteiger partial charge in [-0.25, -0.2) is 0 Å². The number of hydrogen-bond donors (Lipinski definition) is 2. The minimum absolute atomic E-state index is 0. The predicted octanol–water partition coefficient (Wildman–Crippen LogP) is 4.61. The van der Waals surface area contributed by atoms with Gasteiger partial charge in [0.25, 0.3) is 0 Å². The number of benzene rings is 1. The van der Waals surface area contributed by atoms with E-state index in [1.165, 1.54) is 5.56 Å². The Balaban J connectivity index is 0.00000484. The molecule has 0 aromatic heterocycles. The normalized spacial score (nSPS) is 13.1. The van der Waals surface area contributed by atoms with Crippen molar-refractivity contribution < 1.29 is 4.74 Å². The average molecular weight is 433 g/mol. The molecule has 1 unspecified atom stereocenters. The van der Waals surface area contributed by atoms with Gasteiger partial charge in [-0.1, -0.05) is 39.8 Å². The maximum atomic E-state index is 5.97. The molecule has 0 aliphatic heterocycles. The first-order valence-corrected chi connectivity index (χ1v) is 8.22. The second-order valence-corrected chi connectivity index (χ2v) is 6.20. The number of halogens is 1. The quantitative estimate of drug-likeness (QED) is 0.358. The van der Waals surface area contributed by atoms with Crippen molar-refractivity contribution in [3.8, 4) is 0 Å². The van der Waals surface area contributed by atoms with E-state index in [0.29, 0.717) is 24.3 Å². The first-order valence-electron chi connectivity index (χ1n) is 8.22. The number of nitrogens with one attached hydrogen (secondary N) is 1. The number of rotatable bonds is 8. The summed E-state index contributed by atoms with van der Waals surface area (Å²) in [5, 5.41) is 3.16. The molecule has 1 rings (SSSR count). The summed E-state index contributed by atoms with van der Waals surface area (Å²) in [6.07, 6.45) is 1.13. The van der Waals surface area contributed by atoms with Gasteiger partial charge in [-0.2, -0.15) is 0 Å². The Morgan fingerprint density at radius 3 is 2.52 bits per heavy atom. The van der Waals surface area contributed by atoms with Crippen molar-refractivity contribution in [3.63, 3.8) is 0 Å². The smallest absolute Gasteiger partial charge is 0.193 e. The van der Waals surface area contributed by atoms with Gasteiger partial charge in [0.2, 0.25) is 0 Å². The summed E-state index contributed by atoms with van der Waals surface area (Å²) in [6, 6.07) is 8.28. The summed E-state index contributed by atoms with van der Waals surface area (Å²) in [5.74, 6) is 1.45. The summed E-state index contributed by atoms with van der Waals surface area (Å²) in [7, 11) is 0. The summed E-state index contributed by atoms with van der Waals surface area (Å²) < 4.78 is 5.72. The lowest BCUT2D eigenvalue weighted by Gasteiger charge is -2.19. The van der Waals surface area contributed by atoms with Crippen molar-refractivity contribution in [2.24, 2.45) is 16.6 Å². The lowest BCUT2D eigenvalue weighted by atomic mass is 10.0. The summed E-state index contributed by atoms with van der Waals surface area (Å²) >= 11 is 0. The largest absolute Gasteiger partial charge is 0.378 e. The van der Waals surface area contributed by atoms with Crippen molar-refractivity contribution in [2.45, 2.75) is 53.1 Å².